The number of rotatable bonds is 5. The Hall–Kier alpha value is -2.77. The zero-order valence-electron chi connectivity index (χ0n) is 16.4. The summed E-state index contributed by atoms with van der Waals surface area (Å²) < 4.78 is 1.80. The van der Waals surface area contributed by atoms with Crippen molar-refractivity contribution in [3.8, 4) is 0 Å². The number of benzene rings is 2. The van der Waals surface area contributed by atoms with E-state index in [9.17, 15) is 10.1 Å². The minimum atomic E-state index is -0.324. The van der Waals surface area contributed by atoms with E-state index < -0.39 is 0 Å². The van der Waals surface area contributed by atoms with Crippen LogP contribution in [0.3, 0.4) is 0 Å². The summed E-state index contributed by atoms with van der Waals surface area (Å²) in [7, 11) is 0. The fraction of sp³-hybridized carbons (Fsp3) is 0.381. The molecule has 4 rings (SSSR count). The van der Waals surface area contributed by atoms with Crippen LogP contribution in [0.1, 0.15) is 17.0 Å². The Morgan fingerprint density at radius 1 is 1.04 bits per heavy atom. The number of aryl methyl sites for hydroxylation is 1. The Kier molecular flexibility index (Phi) is 5.11. The molecule has 7 heteroatoms. The molecule has 0 saturated carbocycles. The highest BCUT2D eigenvalue weighted by molar-refractivity contribution is 5.85. The number of fused-ring (bicyclic) bond motifs is 1. The van der Waals surface area contributed by atoms with Gasteiger partial charge >= 0.3 is 5.69 Å². The van der Waals surface area contributed by atoms with Crippen LogP contribution in [0.15, 0.2) is 42.5 Å². The summed E-state index contributed by atoms with van der Waals surface area (Å²) in [6.07, 6.45) is 0. The van der Waals surface area contributed by atoms with Crippen LogP contribution in [0.4, 0.5) is 5.69 Å². The Balaban J connectivity index is 1.39. The number of piperazine rings is 1. The van der Waals surface area contributed by atoms with E-state index in [0.29, 0.717) is 18.1 Å². The van der Waals surface area contributed by atoms with Crippen LogP contribution < -0.4 is 9.80 Å². The summed E-state index contributed by atoms with van der Waals surface area (Å²) >= 11 is 0. The number of aromatic nitrogens is 2. The van der Waals surface area contributed by atoms with Crippen molar-refractivity contribution in [1.82, 2.24) is 9.78 Å². The van der Waals surface area contributed by atoms with Crippen molar-refractivity contribution < 1.29 is 14.7 Å². The highest BCUT2D eigenvalue weighted by atomic mass is 16.6. The molecule has 1 aromatic heterocycles. The van der Waals surface area contributed by atoms with Crippen molar-refractivity contribution in [3.63, 3.8) is 0 Å². The summed E-state index contributed by atoms with van der Waals surface area (Å²) in [5, 5.41) is 18.2. The summed E-state index contributed by atoms with van der Waals surface area (Å²) in [5.41, 5.74) is 2.72. The molecule has 1 aliphatic rings. The van der Waals surface area contributed by atoms with Crippen molar-refractivity contribution in [3.05, 3.63) is 69.5 Å². The Bertz CT molecular complexity index is 1000. The second kappa shape index (κ2) is 7.69. The first-order chi connectivity index (χ1) is 13.5. The van der Waals surface area contributed by atoms with Crippen molar-refractivity contribution >= 4 is 16.5 Å². The molecule has 7 nitrogen and oxygen atoms in total. The van der Waals surface area contributed by atoms with Gasteiger partial charge in [-0.15, -0.1) is 0 Å². The third-order valence-electron chi connectivity index (χ3n) is 5.88. The second-order valence-electron chi connectivity index (χ2n) is 7.75. The van der Waals surface area contributed by atoms with Gasteiger partial charge in [0.15, 0.2) is 6.67 Å². The molecule has 2 heterocycles. The summed E-state index contributed by atoms with van der Waals surface area (Å²) in [5.74, 6) is 0. The molecular formula is C21H27N5O2+2. The first-order valence-electron chi connectivity index (χ1n) is 9.85. The van der Waals surface area contributed by atoms with E-state index in [2.05, 4.69) is 47.6 Å². The molecule has 2 aromatic carbocycles. The monoisotopic (exact) mass is 381 g/mol. The Morgan fingerprint density at radius 3 is 2.43 bits per heavy atom. The van der Waals surface area contributed by atoms with Crippen LogP contribution in [-0.2, 0) is 13.2 Å². The SMILES string of the molecule is Cc1nn(C[NH+]2CC[NH+](Cc3cccc4ccccc34)CC2)c(C)c1[N+](=O)[O-]. The number of nitrogens with zero attached hydrogens (tertiary/aromatic N) is 3. The highest BCUT2D eigenvalue weighted by Crippen LogP contribution is 2.21. The molecule has 0 atom stereocenters. The third-order valence-corrected chi connectivity index (χ3v) is 5.88. The highest BCUT2D eigenvalue weighted by Gasteiger charge is 2.27. The zero-order valence-corrected chi connectivity index (χ0v) is 16.4. The zero-order chi connectivity index (χ0) is 19.7. The first-order valence-corrected chi connectivity index (χ1v) is 9.85. The average molecular weight is 381 g/mol. The number of hydrogen-bond acceptors (Lipinski definition) is 3. The molecule has 0 radical (unpaired) electrons. The van der Waals surface area contributed by atoms with Gasteiger partial charge < -0.3 is 9.80 Å². The Labute approximate surface area is 164 Å². The molecule has 28 heavy (non-hydrogen) atoms. The van der Waals surface area contributed by atoms with Crippen LogP contribution in [0.25, 0.3) is 10.8 Å². The molecule has 1 fully saturated rings. The lowest BCUT2D eigenvalue weighted by atomic mass is 10.0. The number of quaternary nitrogens is 2. The van der Waals surface area contributed by atoms with Crippen LogP contribution >= 0.6 is 0 Å². The molecule has 3 aromatic rings. The van der Waals surface area contributed by atoms with Gasteiger partial charge in [0.1, 0.15) is 44.1 Å². The van der Waals surface area contributed by atoms with E-state index in [1.807, 2.05) is 0 Å². The molecule has 0 unspecified atom stereocenters. The van der Waals surface area contributed by atoms with Gasteiger partial charge in [-0.3, -0.25) is 10.1 Å². The normalized spacial score (nSPS) is 19.8. The van der Waals surface area contributed by atoms with Crippen LogP contribution in [-0.4, -0.2) is 40.9 Å². The molecule has 1 aliphatic heterocycles. The van der Waals surface area contributed by atoms with Crippen molar-refractivity contribution in [2.24, 2.45) is 0 Å². The fourth-order valence-electron chi connectivity index (χ4n) is 4.33. The second-order valence-corrected chi connectivity index (χ2v) is 7.75. The van der Waals surface area contributed by atoms with E-state index in [1.54, 1.807) is 23.4 Å². The van der Waals surface area contributed by atoms with Gasteiger partial charge in [0, 0.05) is 5.56 Å². The van der Waals surface area contributed by atoms with E-state index in [4.69, 9.17) is 0 Å². The van der Waals surface area contributed by atoms with Crippen LogP contribution in [0.2, 0.25) is 0 Å². The predicted octanol–water partition coefficient (Wildman–Crippen LogP) is 0.502. The van der Waals surface area contributed by atoms with Crippen LogP contribution in [0, 0.1) is 24.0 Å². The van der Waals surface area contributed by atoms with Gasteiger partial charge in [-0.05, 0) is 24.6 Å². The maximum absolute atomic E-state index is 11.2. The lowest BCUT2D eigenvalue weighted by molar-refractivity contribution is -1.03. The summed E-state index contributed by atoms with van der Waals surface area (Å²) in [6.45, 7) is 9.53. The topological polar surface area (TPSA) is 69.8 Å². The fourth-order valence-corrected chi connectivity index (χ4v) is 4.33. The van der Waals surface area contributed by atoms with Crippen molar-refractivity contribution in [2.75, 3.05) is 26.2 Å². The largest absolute Gasteiger partial charge is 0.322 e. The molecule has 2 N–H and O–H groups in total. The van der Waals surface area contributed by atoms with Crippen molar-refractivity contribution in [1.29, 1.82) is 0 Å². The molecule has 0 spiro atoms. The van der Waals surface area contributed by atoms with Crippen LogP contribution in [0.5, 0.6) is 0 Å². The first kappa shape index (κ1) is 18.6. The lowest BCUT2D eigenvalue weighted by Crippen LogP contribution is -3.27. The minimum Gasteiger partial charge on any atom is -0.322 e. The standard InChI is InChI=1S/C21H25N5O2/c1-16-21(26(27)28)17(2)25(22-16)15-24-12-10-23(11-13-24)14-19-8-5-7-18-6-3-4-9-20(18)19/h3-9H,10-15H2,1-2H3/p+2. The summed E-state index contributed by atoms with van der Waals surface area (Å²) in [4.78, 5) is 13.9. The van der Waals surface area contributed by atoms with Gasteiger partial charge in [0.2, 0.25) is 0 Å². The number of nitro groups is 1. The van der Waals surface area contributed by atoms with Gasteiger partial charge in [-0.1, -0.05) is 42.5 Å². The van der Waals surface area contributed by atoms with Gasteiger partial charge in [-0.25, -0.2) is 4.68 Å². The van der Waals surface area contributed by atoms with E-state index in [-0.39, 0.29) is 10.6 Å². The lowest BCUT2D eigenvalue weighted by Gasteiger charge is -2.30. The number of nitrogens with one attached hydrogen (secondary N) is 2. The van der Waals surface area contributed by atoms with Gasteiger partial charge in [0.25, 0.3) is 0 Å². The van der Waals surface area contributed by atoms with Crippen molar-refractivity contribution in [2.45, 2.75) is 27.1 Å². The summed E-state index contributed by atoms with van der Waals surface area (Å²) in [6, 6.07) is 15.1. The third kappa shape index (κ3) is 3.63. The van der Waals surface area contributed by atoms with Gasteiger partial charge in [0.05, 0.1) is 4.92 Å². The quantitative estimate of drug-likeness (QED) is 0.500. The molecule has 146 valence electrons. The predicted molar refractivity (Wildman–Crippen MR) is 107 cm³/mol. The smallest absolute Gasteiger partial charge is 0.312 e. The molecule has 0 bridgehead atoms. The van der Waals surface area contributed by atoms with Gasteiger partial charge in [-0.2, -0.15) is 5.10 Å². The van der Waals surface area contributed by atoms with E-state index >= 15 is 0 Å². The Morgan fingerprint density at radius 2 is 1.71 bits per heavy atom. The average Bonchev–Trinajstić information content (AvgIpc) is 2.97. The maximum Gasteiger partial charge on any atom is 0.312 e. The number of hydrogen-bond donors (Lipinski definition) is 2. The maximum atomic E-state index is 11.2. The molecule has 0 aliphatic carbocycles. The molecule has 1 saturated heterocycles. The van der Waals surface area contributed by atoms with E-state index in [0.717, 1.165) is 32.7 Å². The molecule has 0 amide bonds. The molecular weight excluding hydrogens is 354 g/mol. The minimum absolute atomic E-state index is 0.152. The van der Waals surface area contributed by atoms with E-state index in [1.165, 1.54) is 21.2 Å².